The number of rotatable bonds is 3. The summed E-state index contributed by atoms with van der Waals surface area (Å²) >= 11 is 0. The van der Waals surface area contributed by atoms with Crippen molar-refractivity contribution in [2.75, 3.05) is 0 Å². The summed E-state index contributed by atoms with van der Waals surface area (Å²) in [4.78, 5) is 0. The molecule has 3 nitrogen and oxygen atoms in total. The molecule has 14 heavy (non-hydrogen) atoms. The summed E-state index contributed by atoms with van der Waals surface area (Å²) in [5.74, 6) is -5.52. The molecule has 0 spiro atoms. The Morgan fingerprint density at radius 3 is 1.57 bits per heavy atom. The Kier molecular flexibility index (Phi) is 5.15. The Labute approximate surface area is 88.6 Å². The second kappa shape index (κ2) is 4.34. The predicted octanol–water partition coefficient (Wildman–Crippen LogP) is -1.88. The summed E-state index contributed by atoms with van der Waals surface area (Å²) in [7, 11) is -6.58. The van der Waals surface area contributed by atoms with Crippen molar-refractivity contribution in [3.05, 3.63) is 0 Å². The molecule has 1 atom stereocenters. The molecular weight excluding hydrogens is 230 g/mol. The summed E-state index contributed by atoms with van der Waals surface area (Å²) < 4.78 is 89.2. The van der Waals surface area contributed by atoms with Gasteiger partial charge in [0, 0.05) is 0 Å². The van der Waals surface area contributed by atoms with Crippen LogP contribution in [0.15, 0.2) is 0 Å². The van der Waals surface area contributed by atoms with Crippen LogP contribution in [0.1, 0.15) is 6.92 Å². The average molecular weight is 234 g/mol. The molecule has 0 saturated heterocycles. The molecule has 0 bridgehead atoms. The van der Waals surface area contributed by atoms with E-state index in [0.717, 1.165) is 0 Å². The van der Waals surface area contributed by atoms with Gasteiger partial charge in [0.05, 0.1) is 0 Å². The first-order valence-corrected chi connectivity index (χ1v) is 4.20. The summed E-state index contributed by atoms with van der Waals surface area (Å²) in [6.07, 6.45) is -3.44. The fourth-order valence-corrected chi connectivity index (χ4v) is 0.894. The SMILES string of the molecule is CC(F)C(F)(F)C(F)(F)S(=O)(=O)[O-].[Li+]. The molecule has 0 aliphatic rings. The maximum absolute atomic E-state index is 12.1. The molecule has 0 aliphatic carbocycles. The van der Waals surface area contributed by atoms with E-state index in [1.54, 1.807) is 0 Å². The molecule has 10 heteroatoms. The monoisotopic (exact) mass is 234 g/mol. The van der Waals surface area contributed by atoms with E-state index in [0.29, 0.717) is 0 Å². The standard InChI is InChI=1S/C4H5F5O3S.Li/c1-2(5)3(6,7)4(8,9)13(10,11)12;/h2H,1H3,(H,10,11,12);/q;+1/p-1. The molecule has 0 amide bonds. The zero-order chi connectivity index (χ0) is 11.1. The van der Waals surface area contributed by atoms with Gasteiger partial charge in [-0.3, -0.25) is 0 Å². The number of hydrogen-bond acceptors (Lipinski definition) is 3. The predicted molar refractivity (Wildman–Crippen MR) is 30.2 cm³/mol. The van der Waals surface area contributed by atoms with E-state index in [1.807, 2.05) is 0 Å². The normalized spacial score (nSPS) is 15.9. The van der Waals surface area contributed by atoms with Gasteiger partial charge in [-0.1, -0.05) is 0 Å². The van der Waals surface area contributed by atoms with Gasteiger partial charge in [0.15, 0.2) is 16.3 Å². The molecule has 0 aliphatic heterocycles. The summed E-state index contributed by atoms with van der Waals surface area (Å²) in [6.45, 7) is 0.0269. The molecule has 1 unspecified atom stereocenters. The number of halogens is 5. The van der Waals surface area contributed by atoms with Crippen LogP contribution in [0.3, 0.4) is 0 Å². The van der Waals surface area contributed by atoms with Gasteiger partial charge in [-0.05, 0) is 6.92 Å². The number of alkyl halides is 5. The van der Waals surface area contributed by atoms with Gasteiger partial charge < -0.3 is 4.55 Å². The smallest absolute Gasteiger partial charge is 0.743 e. The van der Waals surface area contributed by atoms with E-state index in [1.165, 1.54) is 0 Å². The first kappa shape index (κ1) is 16.6. The molecule has 0 saturated carbocycles. The Balaban J connectivity index is 0. The molecular formula is C4H4F5LiO3S. The van der Waals surface area contributed by atoms with Crippen LogP contribution in [0.5, 0.6) is 0 Å². The maximum Gasteiger partial charge on any atom is 1.00 e. The van der Waals surface area contributed by atoms with E-state index in [-0.39, 0.29) is 25.8 Å². The zero-order valence-corrected chi connectivity index (χ0v) is 7.92. The zero-order valence-electron chi connectivity index (χ0n) is 7.10. The van der Waals surface area contributed by atoms with Crippen molar-refractivity contribution in [3.8, 4) is 0 Å². The Bertz CT molecular complexity index is 287. The Morgan fingerprint density at radius 2 is 1.50 bits per heavy atom. The molecule has 0 rings (SSSR count). The van der Waals surface area contributed by atoms with Gasteiger partial charge in [0.2, 0.25) is 0 Å². The fourth-order valence-electron chi connectivity index (χ4n) is 0.398. The second-order valence-corrected chi connectivity index (χ2v) is 3.63. The summed E-state index contributed by atoms with van der Waals surface area (Å²) in [5, 5.41) is -5.94. The van der Waals surface area contributed by atoms with Crippen LogP contribution in [0.25, 0.3) is 0 Å². The van der Waals surface area contributed by atoms with Gasteiger partial charge >= 0.3 is 30.0 Å². The molecule has 0 fully saturated rings. The van der Waals surface area contributed by atoms with Crippen molar-refractivity contribution in [1.29, 1.82) is 0 Å². The third-order valence-electron chi connectivity index (χ3n) is 1.20. The van der Waals surface area contributed by atoms with Crippen molar-refractivity contribution in [2.24, 2.45) is 0 Å². The van der Waals surface area contributed by atoms with Crippen molar-refractivity contribution in [2.45, 2.75) is 24.3 Å². The quantitative estimate of drug-likeness (QED) is 0.326. The maximum atomic E-state index is 12.1. The molecule has 0 aromatic rings. The van der Waals surface area contributed by atoms with E-state index in [4.69, 9.17) is 0 Å². The van der Waals surface area contributed by atoms with Gasteiger partial charge in [0.1, 0.15) is 0 Å². The van der Waals surface area contributed by atoms with Gasteiger partial charge in [-0.25, -0.2) is 12.8 Å². The summed E-state index contributed by atoms with van der Waals surface area (Å²) in [6, 6.07) is 0. The van der Waals surface area contributed by atoms with Gasteiger partial charge in [-0.15, -0.1) is 0 Å². The van der Waals surface area contributed by atoms with Crippen molar-refractivity contribution >= 4 is 10.1 Å². The van der Waals surface area contributed by atoms with Gasteiger partial charge in [-0.2, -0.15) is 17.6 Å². The number of hydrogen-bond donors (Lipinski definition) is 0. The largest absolute Gasteiger partial charge is 1.00 e. The molecule has 0 heterocycles. The van der Waals surface area contributed by atoms with Crippen LogP contribution in [0, 0.1) is 0 Å². The van der Waals surface area contributed by atoms with Crippen LogP contribution in [0.4, 0.5) is 22.0 Å². The van der Waals surface area contributed by atoms with E-state index < -0.39 is 27.5 Å². The van der Waals surface area contributed by atoms with Crippen molar-refractivity contribution < 1.29 is 53.8 Å². The topological polar surface area (TPSA) is 57.2 Å². The minimum Gasteiger partial charge on any atom is -0.743 e. The van der Waals surface area contributed by atoms with E-state index in [2.05, 4.69) is 0 Å². The third kappa shape index (κ3) is 2.59. The minimum atomic E-state index is -6.58. The van der Waals surface area contributed by atoms with Gasteiger partial charge in [0.25, 0.3) is 0 Å². The first-order valence-electron chi connectivity index (χ1n) is 2.79. The molecule has 0 radical (unpaired) electrons. The van der Waals surface area contributed by atoms with E-state index in [9.17, 15) is 34.9 Å². The third-order valence-corrected chi connectivity index (χ3v) is 2.10. The second-order valence-electron chi connectivity index (χ2n) is 2.21. The molecule has 80 valence electrons. The fraction of sp³-hybridized carbons (Fsp3) is 1.00. The van der Waals surface area contributed by atoms with Crippen LogP contribution in [0.2, 0.25) is 0 Å². The van der Waals surface area contributed by atoms with Crippen LogP contribution in [-0.2, 0) is 10.1 Å². The molecule has 0 aromatic heterocycles. The minimum absolute atomic E-state index is 0. The molecule has 0 N–H and O–H groups in total. The van der Waals surface area contributed by atoms with Crippen molar-refractivity contribution in [3.63, 3.8) is 0 Å². The first-order chi connectivity index (χ1) is 5.44. The van der Waals surface area contributed by atoms with Crippen LogP contribution < -0.4 is 18.9 Å². The van der Waals surface area contributed by atoms with Crippen LogP contribution in [-0.4, -0.2) is 30.3 Å². The Morgan fingerprint density at radius 1 is 1.21 bits per heavy atom. The average Bonchev–Trinajstić information content (AvgIpc) is 1.84. The van der Waals surface area contributed by atoms with Crippen molar-refractivity contribution in [1.82, 2.24) is 0 Å². The summed E-state index contributed by atoms with van der Waals surface area (Å²) in [5.41, 5.74) is 0. The van der Waals surface area contributed by atoms with E-state index >= 15 is 0 Å². The van der Waals surface area contributed by atoms with Crippen LogP contribution >= 0.6 is 0 Å². The molecule has 0 aromatic carbocycles. The Hall–Kier alpha value is 0.157.